The molecule has 0 saturated carbocycles. The molecule has 6 heteroatoms. The number of hydrogen-bond acceptors (Lipinski definition) is 4. The smallest absolute Gasteiger partial charge is 0.211 e. The molecule has 0 amide bonds. The van der Waals surface area contributed by atoms with E-state index in [1.54, 1.807) is 19.9 Å². The van der Waals surface area contributed by atoms with E-state index in [-0.39, 0.29) is 12.3 Å². The van der Waals surface area contributed by atoms with E-state index in [1.165, 1.54) is 11.3 Å². The van der Waals surface area contributed by atoms with E-state index >= 15 is 0 Å². The van der Waals surface area contributed by atoms with Crippen molar-refractivity contribution >= 4 is 21.4 Å². The van der Waals surface area contributed by atoms with Crippen molar-refractivity contribution in [1.29, 1.82) is 0 Å². The van der Waals surface area contributed by atoms with E-state index in [0.29, 0.717) is 0 Å². The number of sulfonamides is 1. The molecule has 0 fully saturated rings. The molecule has 4 nitrogen and oxygen atoms in total. The first-order valence-electron chi connectivity index (χ1n) is 4.61. The monoisotopic (exact) mass is 249 g/mol. The molecule has 0 radical (unpaired) electrons. The highest BCUT2D eigenvalue weighted by Gasteiger charge is 2.25. The molecule has 0 aliphatic rings. The van der Waals surface area contributed by atoms with Gasteiger partial charge in [0, 0.05) is 11.4 Å². The second kappa shape index (κ2) is 4.61. The third-order valence-electron chi connectivity index (χ3n) is 2.07. The van der Waals surface area contributed by atoms with Crippen molar-refractivity contribution in [1.82, 2.24) is 4.72 Å². The van der Waals surface area contributed by atoms with E-state index in [4.69, 9.17) is 0 Å². The Hall–Kier alpha value is -0.430. The van der Waals surface area contributed by atoms with Crippen molar-refractivity contribution in [2.75, 3.05) is 12.3 Å². The van der Waals surface area contributed by atoms with Crippen LogP contribution in [0.25, 0.3) is 0 Å². The molecule has 0 aliphatic heterocycles. The Morgan fingerprint density at radius 2 is 2.27 bits per heavy atom. The summed E-state index contributed by atoms with van der Waals surface area (Å²) in [7, 11) is -3.25. The van der Waals surface area contributed by atoms with E-state index in [2.05, 4.69) is 4.72 Å². The molecule has 1 aromatic heterocycles. The molecule has 0 saturated heterocycles. The van der Waals surface area contributed by atoms with Crippen LogP contribution in [-0.2, 0) is 15.6 Å². The van der Waals surface area contributed by atoms with Gasteiger partial charge in [0.15, 0.2) is 0 Å². The maximum absolute atomic E-state index is 11.2. The minimum absolute atomic E-state index is 0.00366. The van der Waals surface area contributed by atoms with Gasteiger partial charge in [-0.2, -0.15) is 0 Å². The maximum Gasteiger partial charge on any atom is 0.211 e. The summed E-state index contributed by atoms with van der Waals surface area (Å²) in [5, 5.41) is 11.9. The molecule has 2 N–H and O–H groups in total. The van der Waals surface area contributed by atoms with E-state index in [1.807, 2.05) is 11.4 Å². The fourth-order valence-corrected chi connectivity index (χ4v) is 2.52. The third-order valence-corrected chi connectivity index (χ3v) is 4.54. The van der Waals surface area contributed by atoms with E-state index in [0.717, 1.165) is 4.88 Å². The molecule has 0 bridgehead atoms. The lowest BCUT2D eigenvalue weighted by Gasteiger charge is -2.21. The van der Waals surface area contributed by atoms with Crippen LogP contribution in [0, 0.1) is 0 Å². The highest BCUT2D eigenvalue weighted by atomic mass is 32.2. The molecule has 0 unspecified atom stereocenters. The van der Waals surface area contributed by atoms with Crippen LogP contribution in [-0.4, -0.2) is 25.8 Å². The van der Waals surface area contributed by atoms with Crippen LogP contribution < -0.4 is 4.72 Å². The summed E-state index contributed by atoms with van der Waals surface area (Å²) >= 11 is 1.40. The second-order valence-electron chi connectivity index (χ2n) is 3.48. The van der Waals surface area contributed by atoms with Crippen molar-refractivity contribution in [2.45, 2.75) is 19.4 Å². The topological polar surface area (TPSA) is 66.4 Å². The van der Waals surface area contributed by atoms with E-state index in [9.17, 15) is 13.5 Å². The fraction of sp³-hybridized carbons (Fsp3) is 0.556. The largest absolute Gasteiger partial charge is 0.383 e. The molecule has 1 atom stereocenters. The van der Waals surface area contributed by atoms with Gasteiger partial charge in [-0.05, 0) is 25.3 Å². The van der Waals surface area contributed by atoms with Crippen LogP contribution in [0.3, 0.4) is 0 Å². The Kier molecular flexibility index (Phi) is 3.88. The lowest BCUT2D eigenvalue weighted by Crippen LogP contribution is -2.38. The first-order valence-corrected chi connectivity index (χ1v) is 7.14. The van der Waals surface area contributed by atoms with Gasteiger partial charge in [0.2, 0.25) is 10.0 Å². The Morgan fingerprint density at radius 1 is 1.60 bits per heavy atom. The predicted molar refractivity (Wildman–Crippen MR) is 61.4 cm³/mol. The highest BCUT2D eigenvalue weighted by Crippen LogP contribution is 2.24. The summed E-state index contributed by atoms with van der Waals surface area (Å²) < 4.78 is 24.8. The average Bonchev–Trinajstić information content (AvgIpc) is 2.69. The molecule has 0 aromatic carbocycles. The Morgan fingerprint density at radius 3 is 2.73 bits per heavy atom. The van der Waals surface area contributed by atoms with Crippen LogP contribution in [0.2, 0.25) is 0 Å². The summed E-state index contributed by atoms with van der Waals surface area (Å²) in [6, 6.07) is 3.60. The predicted octanol–water partition coefficient (Wildman–Crippen LogP) is 0.895. The van der Waals surface area contributed by atoms with Crippen molar-refractivity contribution in [3.8, 4) is 0 Å². The summed E-state index contributed by atoms with van der Waals surface area (Å²) in [6.45, 7) is 3.16. The van der Waals surface area contributed by atoms with Crippen LogP contribution in [0.1, 0.15) is 18.7 Å². The van der Waals surface area contributed by atoms with Gasteiger partial charge < -0.3 is 5.11 Å². The van der Waals surface area contributed by atoms with Gasteiger partial charge in [-0.25, -0.2) is 13.1 Å². The molecular weight excluding hydrogens is 234 g/mol. The molecule has 0 spiro atoms. The zero-order valence-corrected chi connectivity index (χ0v) is 10.4. The SMILES string of the molecule is CCS(=O)(=O)NC[C@@](C)(O)c1cccs1. The zero-order valence-electron chi connectivity index (χ0n) is 8.73. The molecule has 1 heterocycles. The second-order valence-corrected chi connectivity index (χ2v) is 6.52. The molecular formula is C9H15NO3S2. The van der Waals surface area contributed by atoms with Crippen LogP contribution in [0.15, 0.2) is 17.5 Å². The normalized spacial score (nSPS) is 16.2. The Balaban J connectivity index is 2.66. The number of rotatable bonds is 5. The number of thiophene rings is 1. The first-order chi connectivity index (χ1) is 6.87. The minimum Gasteiger partial charge on any atom is -0.383 e. The standard InChI is InChI=1S/C9H15NO3S2/c1-3-15(12,13)10-7-9(2,11)8-5-4-6-14-8/h4-6,10-11H,3,7H2,1-2H3/t9-/m1/s1. The summed E-state index contributed by atoms with van der Waals surface area (Å²) in [6.07, 6.45) is 0. The van der Waals surface area contributed by atoms with Gasteiger partial charge in [-0.1, -0.05) is 6.07 Å². The zero-order chi connectivity index (χ0) is 11.5. The van der Waals surface area contributed by atoms with Crippen LogP contribution in [0.4, 0.5) is 0 Å². The molecule has 15 heavy (non-hydrogen) atoms. The maximum atomic E-state index is 11.2. The van der Waals surface area contributed by atoms with Crippen molar-refractivity contribution in [3.63, 3.8) is 0 Å². The van der Waals surface area contributed by atoms with E-state index < -0.39 is 15.6 Å². The molecule has 1 rings (SSSR count). The van der Waals surface area contributed by atoms with Crippen LogP contribution >= 0.6 is 11.3 Å². The third kappa shape index (κ3) is 3.57. The van der Waals surface area contributed by atoms with Crippen molar-refractivity contribution in [3.05, 3.63) is 22.4 Å². The molecule has 1 aromatic rings. The average molecular weight is 249 g/mol. The number of nitrogens with one attached hydrogen (secondary N) is 1. The van der Waals surface area contributed by atoms with Gasteiger partial charge in [-0.3, -0.25) is 0 Å². The number of hydrogen-bond donors (Lipinski definition) is 2. The van der Waals surface area contributed by atoms with Gasteiger partial charge >= 0.3 is 0 Å². The Labute approximate surface area is 94.0 Å². The lowest BCUT2D eigenvalue weighted by atomic mass is 10.1. The quantitative estimate of drug-likeness (QED) is 0.814. The first kappa shape index (κ1) is 12.6. The summed E-state index contributed by atoms with van der Waals surface area (Å²) in [4.78, 5) is 0.751. The summed E-state index contributed by atoms with van der Waals surface area (Å²) in [5.41, 5.74) is -1.14. The summed E-state index contributed by atoms with van der Waals surface area (Å²) in [5.74, 6) is 0.0213. The van der Waals surface area contributed by atoms with Gasteiger partial charge in [-0.15, -0.1) is 11.3 Å². The fourth-order valence-electron chi connectivity index (χ4n) is 1.02. The molecule has 86 valence electrons. The van der Waals surface area contributed by atoms with Gasteiger partial charge in [0.25, 0.3) is 0 Å². The van der Waals surface area contributed by atoms with Crippen molar-refractivity contribution in [2.24, 2.45) is 0 Å². The molecule has 0 aliphatic carbocycles. The van der Waals surface area contributed by atoms with Gasteiger partial charge in [0.1, 0.15) is 5.60 Å². The lowest BCUT2D eigenvalue weighted by molar-refractivity contribution is 0.0666. The van der Waals surface area contributed by atoms with Crippen LogP contribution in [0.5, 0.6) is 0 Å². The number of aliphatic hydroxyl groups is 1. The highest BCUT2D eigenvalue weighted by molar-refractivity contribution is 7.89. The van der Waals surface area contributed by atoms with Gasteiger partial charge in [0.05, 0.1) is 5.75 Å². The van der Waals surface area contributed by atoms with Crippen molar-refractivity contribution < 1.29 is 13.5 Å². The Bertz CT molecular complexity index is 395. The minimum atomic E-state index is -3.25.